The topological polar surface area (TPSA) is 117 Å². The molecule has 1 aliphatic heterocycles. The second-order valence-corrected chi connectivity index (χ2v) is 11.6. The summed E-state index contributed by atoms with van der Waals surface area (Å²) in [5, 5.41) is 14.5. The average Bonchev–Trinajstić information content (AvgIpc) is 3.02. The number of amides is 1. The van der Waals surface area contributed by atoms with E-state index in [0.717, 1.165) is 17.7 Å². The molecule has 2 atom stereocenters. The van der Waals surface area contributed by atoms with Crippen LogP contribution < -0.4 is 25.2 Å². The van der Waals surface area contributed by atoms with E-state index in [1.165, 1.54) is 14.2 Å². The summed E-state index contributed by atoms with van der Waals surface area (Å²) in [5.74, 6) is -0.391. The Morgan fingerprint density at radius 3 is 2.50 bits per heavy atom. The highest BCUT2D eigenvalue weighted by Crippen LogP contribution is 2.39. The summed E-state index contributed by atoms with van der Waals surface area (Å²) < 4.78 is 39.1. The molecule has 3 aromatic carbocycles. The van der Waals surface area contributed by atoms with Crippen LogP contribution in [-0.4, -0.2) is 54.3 Å². The van der Waals surface area contributed by atoms with Gasteiger partial charge in [-0.05, 0) is 60.9 Å². The summed E-state index contributed by atoms with van der Waals surface area (Å²) in [6.07, 6.45) is 0.736. The highest BCUT2D eigenvalue weighted by molar-refractivity contribution is 5.84. The maximum atomic E-state index is 14.4. The third kappa shape index (κ3) is 5.47. The molecule has 1 fully saturated rings. The molecule has 1 aromatic heterocycles. The first-order valence-corrected chi connectivity index (χ1v) is 14.6. The van der Waals surface area contributed by atoms with Crippen molar-refractivity contribution in [2.45, 2.75) is 44.2 Å². The van der Waals surface area contributed by atoms with Crippen molar-refractivity contribution in [3.05, 3.63) is 93.3 Å². The highest BCUT2D eigenvalue weighted by atomic mass is 19.1. The van der Waals surface area contributed by atoms with Crippen molar-refractivity contribution in [1.82, 2.24) is 15.3 Å². The minimum atomic E-state index is -1.23. The van der Waals surface area contributed by atoms with Gasteiger partial charge in [0, 0.05) is 25.2 Å². The molecule has 230 valence electrons. The van der Waals surface area contributed by atoms with E-state index < -0.39 is 29.2 Å². The van der Waals surface area contributed by atoms with Crippen LogP contribution in [0, 0.1) is 17.0 Å². The average molecular weight is 605 g/mol. The number of rotatable bonds is 7. The molecule has 1 amide bonds. The van der Waals surface area contributed by atoms with Gasteiger partial charge in [0.1, 0.15) is 11.6 Å². The number of benzene rings is 3. The molecule has 0 radical (unpaired) electrons. The van der Waals surface area contributed by atoms with Gasteiger partial charge in [0.25, 0.3) is 5.56 Å². The summed E-state index contributed by atoms with van der Waals surface area (Å²) in [6, 6.07) is 14.2. The predicted octanol–water partition coefficient (Wildman–Crippen LogP) is 4.21. The van der Waals surface area contributed by atoms with Crippen LogP contribution in [0.25, 0.3) is 10.9 Å². The monoisotopic (exact) mass is 604 g/mol. The fourth-order valence-corrected chi connectivity index (χ4v) is 6.52. The molecule has 0 spiro atoms. The minimum Gasteiger partial charge on any atom is -0.493 e. The number of piperidine rings is 1. The quantitative estimate of drug-likeness (QED) is 0.289. The van der Waals surface area contributed by atoms with Crippen molar-refractivity contribution in [3.63, 3.8) is 0 Å². The molecule has 6 rings (SSSR count). The molecular formula is C33H34F2N4O5. The van der Waals surface area contributed by atoms with Crippen LogP contribution in [0.15, 0.2) is 59.4 Å². The van der Waals surface area contributed by atoms with E-state index in [1.807, 2.05) is 35.2 Å². The Kier molecular flexibility index (Phi) is 7.98. The summed E-state index contributed by atoms with van der Waals surface area (Å²) in [4.78, 5) is 36.6. The zero-order chi connectivity index (χ0) is 31.0. The summed E-state index contributed by atoms with van der Waals surface area (Å²) in [7, 11) is 3.01. The van der Waals surface area contributed by atoms with Crippen LogP contribution in [0.5, 0.6) is 11.5 Å². The molecule has 44 heavy (non-hydrogen) atoms. The summed E-state index contributed by atoms with van der Waals surface area (Å²) in [5.41, 5.74) is 0.770. The van der Waals surface area contributed by atoms with E-state index in [1.54, 1.807) is 12.1 Å². The molecule has 0 bridgehead atoms. The van der Waals surface area contributed by atoms with E-state index in [9.17, 15) is 23.5 Å². The minimum absolute atomic E-state index is 0.173. The van der Waals surface area contributed by atoms with Gasteiger partial charge in [-0.15, -0.1) is 0 Å². The zero-order valence-electron chi connectivity index (χ0n) is 24.5. The fraction of sp³-hybridized carbons (Fsp3) is 0.364. The number of aromatic amines is 1. The molecule has 3 N–H and O–H groups in total. The third-order valence-electron chi connectivity index (χ3n) is 9.00. The lowest BCUT2D eigenvalue weighted by Crippen LogP contribution is -2.54. The highest BCUT2D eigenvalue weighted by Gasteiger charge is 2.44. The van der Waals surface area contributed by atoms with Gasteiger partial charge in [0.15, 0.2) is 11.5 Å². The molecule has 4 aromatic rings. The second kappa shape index (κ2) is 11.9. The molecule has 9 nitrogen and oxygen atoms in total. The van der Waals surface area contributed by atoms with Crippen molar-refractivity contribution in [1.29, 1.82) is 0 Å². The Labute approximate surface area is 252 Å². The Balaban J connectivity index is 1.25. The lowest BCUT2D eigenvalue weighted by atomic mass is 9.72. The SMILES string of the molecule is COc1cc2nc(N3CCC(Cc4ccccc4)(C(=O)NC4CCc5c(F)cc(F)cc5C4O)CC3)[nH]c(=O)c2cc1OC. The number of halogens is 2. The number of aromatic nitrogens is 2. The zero-order valence-corrected chi connectivity index (χ0v) is 24.5. The number of aliphatic hydroxyl groups excluding tert-OH is 1. The van der Waals surface area contributed by atoms with Gasteiger partial charge in [-0.3, -0.25) is 14.6 Å². The van der Waals surface area contributed by atoms with Gasteiger partial charge < -0.3 is 24.8 Å². The van der Waals surface area contributed by atoms with Gasteiger partial charge in [0.05, 0.1) is 42.7 Å². The number of hydrogen-bond donors (Lipinski definition) is 3. The molecule has 2 aliphatic rings. The van der Waals surface area contributed by atoms with Gasteiger partial charge in [-0.25, -0.2) is 13.8 Å². The van der Waals surface area contributed by atoms with Crippen molar-refractivity contribution in [2.24, 2.45) is 5.41 Å². The largest absolute Gasteiger partial charge is 0.493 e. The van der Waals surface area contributed by atoms with Gasteiger partial charge in [0.2, 0.25) is 11.9 Å². The standard InChI is InChI=1S/C33H34F2N4O5/c1-43-27-16-23-26(17-28(27)44-2)37-32(38-30(23)41)39-12-10-33(11-13-39,18-19-6-4-3-5-7-19)31(42)36-25-9-8-21-22(29(25)40)14-20(34)15-24(21)35/h3-7,14-17,25,29,40H,8-13,18H2,1-2H3,(H,36,42)(H,37,38,41). The van der Waals surface area contributed by atoms with Gasteiger partial charge in [-0.2, -0.15) is 0 Å². The number of carbonyl (C=O) groups excluding carboxylic acids is 1. The maximum absolute atomic E-state index is 14.4. The number of H-pyrrole nitrogens is 1. The van der Waals surface area contributed by atoms with Crippen LogP contribution in [0.2, 0.25) is 0 Å². The second-order valence-electron chi connectivity index (χ2n) is 11.6. The molecular weight excluding hydrogens is 570 g/mol. The molecule has 1 aliphatic carbocycles. The van der Waals surface area contributed by atoms with Crippen LogP contribution >= 0.6 is 0 Å². The number of methoxy groups -OCH3 is 2. The summed E-state index contributed by atoms with van der Waals surface area (Å²) in [6.45, 7) is 0.878. The smallest absolute Gasteiger partial charge is 0.260 e. The molecule has 2 heterocycles. The third-order valence-corrected chi connectivity index (χ3v) is 9.00. The number of aliphatic hydroxyl groups is 1. The van der Waals surface area contributed by atoms with E-state index in [0.29, 0.717) is 67.1 Å². The Morgan fingerprint density at radius 2 is 1.80 bits per heavy atom. The normalized spacial score (nSPS) is 19.3. The number of hydrogen-bond acceptors (Lipinski definition) is 7. The van der Waals surface area contributed by atoms with E-state index in [2.05, 4.69) is 10.3 Å². The number of nitrogens with one attached hydrogen (secondary N) is 2. The van der Waals surface area contributed by atoms with E-state index >= 15 is 0 Å². The fourth-order valence-electron chi connectivity index (χ4n) is 6.52. The van der Waals surface area contributed by atoms with E-state index in [4.69, 9.17) is 14.5 Å². The van der Waals surface area contributed by atoms with Crippen molar-refractivity contribution >= 4 is 22.8 Å². The lowest BCUT2D eigenvalue weighted by Gasteiger charge is -2.42. The van der Waals surface area contributed by atoms with Gasteiger partial charge >= 0.3 is 0 Å². The van der Waals surface area contributed by atoms with Crippen molar-refractivity contribution < 1.29 is 28.2 Å². The predicted molar refractivity (Wildman–Crippen MR) is 161 cm³/mol. The Morgan fingerprint density at radius 1 is 1.09 bits per heavy atom. The first-order chi connectivity index (χ1) is 21.2. The van der Waals surface area contributed by atoms with Crippen LogP contribution in [0.1, 0.15) is 42.1 Å². The number of carbonyl (C=O) groups is 1. The number of ether oxygens (including phenoxy) is 2. The van der Waals surface area contributed by atoms with Crippen molar-refractivity contribution in [2.75, 3.05) is 32.2 Å². The number of anilines is 1. The maximum Gasteiger partial charge on any atom is 0.260 e. The molecule has 0 saturated carbocycles. The van der Waals surface area contributed by atoms with Crippen LogP contribution in [0.3, 0.4) is 0 Å². The number of nitrogens with zero attached hydrogens (tertiary/aromatic N) is 2. The van der Waals surface area contributed by atoms with Crippen molar-refractivity contribution in [3.8, 4) is 11.5 Å². The number of fused-ring (bicyclic) bond motifs is 2. The lowest BCUT2D eigenvalue weighted by molar-refractivity contribution is -0.134. The summed E-state index contributed by atoms with van der Waals surface area (Å²) >= 11 is 0. The molecule has 11 heteroatoms. The Bertz CT molecular complexity index is 1760. The first-order valence-electron chi connectivity index (χ1n) is 14.6. The van der Waals surface area contributed by atoms with E-state index in [-0.39, 0.29) is 29.0 Å². The van der Waals surface area contributed by atoms with Crippen LogP contribution in [-0.2, 0) is 17.6 Å². The Hall–Kier alpha value is -4.51. The van der Waals surface area contributed by atoms with Gasteiger partial charge in [-0.1, -0.05) is 30.3 Å². The first kappa shape index (κ1) is 29.6. The van der Waals surface area contributed by atoms with Crippen LogP contribution in [0.4, 0.5) is 14.7 Å². The molecule has 1 saturated heterocycles. The molecule has 2 unspecified atom stereocenters.